The van der Waals surface area contributed by atoms with E-state index >= 15 is 0 Å². The second-order valence-electron chi connectivity index (χ2n) is 5.14. The summed E-state index contributed by atoms with van der Waals surface area (Å²) in [6.45, 7) is 7.71. The number of hydrogen-bond donors (Lipinski definition) is 0. The summed E-state index contributed by atoms with van der Waals surface area (Å²) in [5.74, 6) is 0.955. The number of nitrogens with zero attached hydrogens (tertiary/aromatic N) is 2. The predicted octanol–water partition coefficient (Wildman–Crippen LogP) is 3.01. The maximum atomic E-state index is 12.4. The van der Waals surface area contributed by atoms with Crippen molar-refractivity contribution in [2.24, 2.45) is 0 Å². The van der Waals surface area contributed by atoms with E-state index in [0.717, 1.165) is 24.5 Å². The summed E-state index contributed by atoms with van der Waals surface area (Å²) in [5, 5.41) is 0.489. The number of hydrogen-bond acceptors (Lipinski definition) is 3. The topological polar surface area (TPSA) is 33.2 Å². The molecule has 1 fully saturated rings. The van der Waals surface area contributed by atoms with E-state index in [1.165, 1.54) is 0 Å². The van der Waals surface area contributed by atoms with Gasteiger partial charge in [-0.1, -0.05) is 11.6 Å². The zero-order valence-electron chi connectivity index (χ0n) is 10.9. The number of aromatic nitrogens is 1. The molecule has 1 saturated heterocycles. The average Bonchev–Trinajstić information content (AvgIpc) is 2.27. The van der Waals surface area contributed by atoms with Crippen LogP contribution in [-0.4, -0.2) is 39.4 Å². The molecule has 0 atom stereocenters. The zero-order valence-corrected chi connectivity index (χ0v) is 12.4. The lowest BCUT2D eigenvalue weighted by Gasteiger charge is -2.37. The highest BCUT2D eigenvalue weighted by molar-refractivity contribution is 8.00. The van der Waals surface area contributed by atoms with Gasteiger partial charge in [-0.05, 0) is 26.8 Å². The lowest BCUT2D eigenvalue weighted by Crippen LogP contribution is -2.46. The maximum Gasteiger partial charge on any atom is 0.257 e. The largest absolute Gasteiger partial charge is 0.336 e. The van der Waals surface area contributed by atoms with Crippen LogP contribution in [0.4, 0.5) is 0 Å². The molecule has 1 aromatic heterocycles. The molecule has 1 amide bonds. The SMILES string of the molecule is Cc1cc(Cl)c(C(=O)N2CCSC(C)(C)C2)cn1. The van der Waals surface area contributed by atoms with Gasteiger partial charge in [-0.2, -0.15) is 11.8 Å². The number of carbonyl (C=O) groups excluding carboxylic acids is 1. The first-order chi connectivity index (χ1) is 8.39. The van der Waals surface area contributed by atoms with Gasteiger partial charge in [0.15, 0.2) is 0 Å². The molecule has 0 N–H and O–H groups in total. The Balaban J connectivity index is 2.20. The summed E-state index contributed by atoms with van der Waals surface area (Å²) in [4.78, 5) is 18.4. The minimum absolute atomic E-state index is 0.0131. The van der Waals surface area contributed by atoms with Gasteiger partial charge in [0.25, 0.3) is 5.91 Å². The van der Waals surface area contributed by atoms with Crippen LogP contribution < -0.4 is 0 Å². The smallest absolute Gasteiger partial charge is 0.257 e. The van der Waals surface area contributed by atoms with Crippen LogP contribution in [0.3, 0.4) is 0 Å². The Labute approximate surface area is 117 Å². The fraction of sp³-hybridized carbons (Fsp3) is 0.538. The Kier molecular flexibility index (Phi) is 3.87. The van der Waals surface area contributed by atoms with Gasteiger partial charge in [0.1, 0.15) is 0 Å². The van der Waals surface area contributed by atoms with Gasteiger partial charge in [-0.15, -0.1) is 0 Å². The van der Waals surface area contributed by atoms with E-state index in [1.54, 1.807) is 12.3 Å². The first-order valence-electron chi connectivity index (χ1n) is 5.94. The van der Waals surface area contributed by atoms with Crippen molar-refractivity contribution in [3.63, 3.8) is 0 Å². The van der Waals surface area contributed by atoms with Crippen molar-refractivity contribution in [2.45, 2.75) is 25.5 Å². The summed E-state index contributed by atoms with van der Waals surface area (Å²) < 4.78 is 0.110. The van der Waals surface area contributed by atoms with E-state index in [1.807, 2.05) is 23.6 Å². The summed E-state index contributed by atoms with van der Waals surface area (Å²) in [7, 11) is 0. The Morgan fingerprint density at radius 2 is 2.28 bits per heavy atom. The van der Waals surface area contributed by atoms with E-state index in [9.17, 15) is 4.79 Å². The second kappa shape index (κ2) is 5.10. The molecule has 2 heterocycles. The van der Waals surface area contributed by atoms with Crippen LogP contribution in [0.25, 0.3) is 0 Å². The van der Waals surface area contributed by atoms with Gasteiger partial charge < -0.3 is 4.90 Å². The molecule has 98 valence electrons. The molecule has 0 saturated carbocycles. The quantitative estimate of drug-likeness (QED) is 0.795. The monoisotopic (exact) mass is 284 g/mol. The molecular weight excluding hydrogens is 268 g/mol. The highest BCUT2D eigenvalue weighted by Crippen LogP contribution is 2.30. The lowest BCUT2D eigenvalue weighted by atomic mass is 10.1. The zero-order chi connectivity index (χ0) is 13.3. The molecule has 1 aliphatic rings. The third-order valence-corrected chi connectivity index (χ3v) is 4.54. The molecule has 1 aromatic rings. The molecule has 0 radical (unpaired) electrons. The molecule has 0 aromatic carbocycles. The first-order valence-corrected chi connectivity index (χ1v) is 7.31. The van der Waals surface area contributed by atoms with Crippen molar-refractivity contribution >= 4 is 29.3 Å². The van der Waals surface area contributed by atoms with Gasteiger partial charge in [0, 0.05) is 35.5 Å². The fourth-order valence-corrected chi connectivity index (χ4v) is 3.44. The fourth-order valence-electron chi connectivity index (χ4n) is 2.04. The number of aryl methyl sites for hydroxylation is 1. The van der Waals surface area contributed by atoms with Crippen molar-refractivity contribution in [3.8, 4) is 0 Å². The molecule has 5 heteroatoms. The number of carbonyl (C=O) groups is 1. The second-order valence-corrected chi connectivity index (χ2v) is 7.35. The Hall–Kier alpha value is -0.740. The van der Waals surface area contributed by atoms with Crippen molar-refractivity contribution in [1.82, 2.24) is 9.88 Å². The van der Waals surface area contributed by atoms with Crippen molar-refractivity contribution < 1.29 is 4.79 Å². The van der Waals surface area contributed by atoms with Gasteiger partial charge in [0.05, 0.1) is 10.6 Å². The molecular formula is C13H17ClN2OS. The van der Waals surface area contributed by atoms with Crippen molar-refractivity contribution in [2.75, 3.05) is 18.8 Å². The highest BCUT2D eigenvalue weighted by Gasteiger charge is 2.30. The van der Waals surface area contributed by atoms with Crippen LogP contribution in [0, 0.1) is 6.92 Å². The number of rotatable bonds is 1. The molecule has 0 spiro atoms. The number of halogens is 1. The number of amides is 1. The minimum Gasteiger partial charge on any atom is -0.336 e. The number of thioether (sulfide) groups is 1. The Morgan fingerprint density at radius 3 is 2.89 bits per heavy atom. The number of pyridine rings is 1. The van der Waals surface area contributed by atoms with Crippen molar-refractivity contribution in [1.29, 1.82) is 0 Å². The summed E-state index contributed by atoms with van der Waals surface area (Å²) >= 11 is 8.02. The highest BCUT2D eigenvalue weighted by atomic mass is 35.5. The van der Waals surface area contributed by atoms with Crippen LogP contribution in [-0.2, 0) is 0 Å². The summed E-state index contributed by atoms with van der Waals surface area (Å²) in [6, 6.07) is 1.73. The van der Waals surface area contributed by atoms with E-state index < -0.39 is 0 Å². The normalized spacial score (nSPS) is 18.8. The first kappa shape index (κ1) is 13.7. The maximum absolute atomic E-state index is 12.4. The molecule has 3 nitrogen and oxygen atoms in total. The van der Waals surface area contributed by atoms with Crippen LogP contribution in [0.5, 0.6) is 0 Å². The van der Waals surface area contributed by atoms with Crippen LogP contribution in [0.1, 0.15) is 29.9 Å². The third-order valence-electron chi connectivity index (χ3n) is 2.93. The molecule has 0 bridgehead atoms. The molecule has 18 heavy (non-hydrogen) atoms. The van der Waals surface area contributed by atoms with Crippen molar-refractivity contribution in [3.05, 3.63) is 28.5 Å². The van der Waals surface area contributed by atoms with Crippen LogP contribution in [0.15, 0.2) is 12.3 Å². The lowest BCUT2D eigenvalue weighted by molar-refractivity contribution is 0.0748. The summed E-state index contributed by atoms with van der Waals surface area (Å²) in [5.41, 5.74) is 1.33. The van der Waals surface area contributed by atoms with E-state index in [2.05, 4.69) is 18.8 Å². The van der Waals surface area contributed by atoms with Gasteiger partial charge >= 0.3 is 0 Å². The average molecular weight is 285 g/mol. The van der Waals surface area contributed by atoms with Crippen LogP contribution in [0.2, 0.25) is 5.02 Å². The minimum atomic E-state index is -0.0131. The molecule has 0 aliphatic carbocycles. The van der Waals surface area contributed by atoms with E-state index in [-0.39, 0.29) is 10.7 Å². The molecule has 0 unspecified atom stereocenters. The molecule has 2 rings (SSSR count). The van der Waals surface area contributed by atoms with Gasteiger partial charge in [-0.25, -0.2) is 0 Å². The standard InChI is InChI=1S/C13H17ClN2OS/c1-9-6-11(14)10(7-15-9)12(17)16-4-5-18-13(2,3)8-16/h6-7H,4-5,8H2,1-3H3. The third kappa shape index (κ3) is 2.98. The van der Waals surface area contributed by atoms with Gasteiger partial charge in [-0.3, -0.25) is 9.78 Å². The Bertz CT molecular complexity index is 476. The van der Waals surface area contributed by atoms with Gasteiger partial charge in [0.2, 0.25) is 0 Å². The summed E-state index contributed by atoms with van der Waals surface area (Å²) in [6.07, 6.45) is 1.58. The predicted molar refractivity (Wildman–Crippen MR) is 76.4 cm³/mol. The van der Waals surface area contributed by atoms with E-state index in [4.69, 9.17) is 11.6 Å². The van der Waals surface area contributed by atoms with Crippen LogP contribution >= 0.6 is 23.4 Å². The molecule has 1 aliphatic heterocycles. The Morgan fingerprint density at radius 1 is 1.56 bits per heavy atom. The van der Waals surface area contributed by atoms with E-state index in [0.29, 0.717) is 10.6 Å².